The van der Waals surface area contributed by atoms with E-state index < -0.39 is 29.0 Å². The Balaban J connectivity index is 2.06. The molecule has 138 valence electrons. The standard InChI is InChI=1S/C17H22ClFN2O4/c1-16(2,3)25-15(24)20-17(14(22)23)6-7-21(10-17)9-11-4-5-13(19)12(18)8-11/h4-5,8H,6-7,9-10H2,1-3H3,(H,20,24)(H,22,23). The van der Waals surface area contributed by atoms with E-state index in [2.05, 4.69) is 5.32 Å². The predicted octanol–water partition coefficient (Wildman–Crippen LogP) is 3.03. The number of carboxylic acids is 1. The Hall–Kier alpha value is -1.86. The molecule has 0 aromatic heterocycles. The topological polar surface area (TPSA) is 78.9 Å². The van der Waals surface area contributed by atoms with Crippen LogP contribution in [0, 0.1) is 5.82 Å². The lowest BCUT2D eigenvalue weighted by atomic mass is 9.99. The van der Waals surface area contributed by atoms with E-state index in [1.807, 2.05) is 4.90 Å². The SMILES string of the molecule is CC(C)(C)OC(=O)NC1(C(=O)O)CCN(Cc2ccc(F)c(Cl)c2)C1. The van der Waals surface area contributed by atoms with Gasteiger partial charge in [0.2, 0.25) is 0 Å². The van der Waals surface area contributed by atoms with Crippen molar-refractivity contribution >= 4 is 23.7 Å². The van der Waals surface area contributed by atoms with Crippen LogP contribution in [0.15, 0.2) is 18.2 Å². The summed E-state index contributed by atoms with van der Waals surface area (Å²) in [5.74, 6) is -1.61. The van der Waals surface area contributed by atoms with Crippen LogP contribution in [0.1, 0.15) is 32.8 Å². The van der Waals surface area contributed by atoms with Crippen molar-refractivity contribution in [3.8, 4) is 0 Å². The summed E-state index contributed by atoms with van der Waals surface area (Å²) in [6.45, 7) is 6.12. The van der Waals surface area contributed by atoms with Gasteiger partial charge in [0.25, 0.3) is 0 Å². The van der Waals surface area contributed by atoms with Gasteiger partial charge < -0.3 is 15.2 Å². The van der Waals surface area contributed by atoms with E-state index in [4.69, 9.17) is 16.3 Å². The van der Waals surface area contributed by atoms with E-state index in [0.717, 1.165) is 5.56 Å². The molecular formula is C17H22ClFN2O4. The number of carboxylic acid groups (broad SMARTS) is 1. The van der Waals surface area contributed by atoms with Crippen molar-refractivity contribution in [3.05, 3.63) is 34.6 Å². The Morgan fingerprint density at radius 2 is 2.12 bits per heavy atom. The van der Waals surface area contributed by atoms with Gasteiger partial charge in [0.15, 0.2) is 5.54 Å². The molecule has 1 saturated heterocycles. The molecule has 1 aliphatic heterocycles. The summed E-state index contributed by atoms with van der Waals surface area (Å²) in [6.07, 6.45) is -0.516. The van der Waals surface area contributed by atoms with E-state index in [1.54, 1.807) is 26.8 Å². The van der Waals surface area contributed by atoms with Gasteiger partial charge in [-0.2, -0.15) is 0 Å². The quantitative estimate of drug-likeness (QED) is 0.849. The Morgan fingerprint density at radius 3 is 2.68 bits per heavy atom. The summed E-state index contributed by atoms with van der Waals surface area (Å²) in [5.41, 5.74) is -1.36. The lowest BCUT2D eigenvalue weighted by Gasteiger charge is -2.28. The molecule has 0 bridgehead atoms. The number of nitrogens with one attached hydrogen (secondary N) is 1. The molecule has 2 N–H and O–H groups in total. The molecule has 2 rings (SSSR count). The van der Waals surface area contributed by atoms with Crippen LogP contribution in [0.25, 0.3) is 0 Å². The predicted molar refractivity (Wildman–Crippen MR) is 91.0 cm³/mol. The summed E-state index contributed by atoms with van der Waals surface area (Å²) in [4.78, 5) is 25.6. The molecule has 0 aliphatic carbocycles. The number of nitrogens with zero attached hydrogens (tertiary/aromatic N) is 1. The molecule has 0 radical (unpaired) electrons. The van der Waals surface area contributed by atoms with Gasteiger partial charge in [-0.1, -0.05) is 17.7 Å². The first-order valence-electron chi connectivity index (χ1n) is 7.92. The van der Waals surface area contributed by atoms with Crippen molar-refractivity contribution in [3.63, 3.8) is 0 Å². The molecule has 1 fully saturated rings. The van der Waals surface area contributed by atoms with Crippen LogP contribution >= 0.6 is 11.6 Å². The molecule has 1 aromatic carbocycles. The largest absolute Gasteiger partial charge is 0.479 e. The third kappa shape index (κ3) is 5.06. The number of rotatable bonds is 4. The maximum atomic E-state index is 13.2. The highest BCUT2D eigenvalue weighted by Crippen LogP contribution is 2.25. The number of aliphatic carboxylic acids is 1. The van der Waals surface area contributed by atoms with Crippen molar-refractivity contribution in [2.24, 2.45) is 0 Å². The fourth-order valence-electron chi connectivity index (χ4n) is 2.75. The van der Waals surface area contributed by atoms with Gasteiger partial charge in [-0.25, -0.2) is 14.0 Å². The summed E-state index contributed by atoms with van der Waals surface area (Å²) < 4.78 is 18.4. The molecule has 0 spiro atoms. The van der Waals surface area contributed by atoms with Crippen LogP contribution in [0.5, 0.6) is 0 Å². The monoisotopic (exact) mass is 372 g/mol. The van der Waals surface area contributed by atoms with Gasteiger partial charge in [0.05, 0.1) is 5.02 Å². The molecule has 0 saturated carbocycles. The summed E-state index contributed by atoms with van der Waals surface area (Å²) in [6, 6.07) is 4.39. The summed E-state index contributed by atoms with van der Waals surface area (Å²) in [7, 11) is 0. The number of amides is 1. The maximum absolute atomic E-state index is 13.2. The van der Waals surface area contributed by atoms with Crippen molar-refractivity contribution in [2.75, 3.05) is 13.1 Å². The Kier molecular flexibility index (Phi) is 5.58. The van der Waals surface area contributed by atoms with Gasteiger partial charge in [-0.3, -0.25) is 4.90 Å². The third-order valence-corrected chi connectivity index (χ3v) is 4.18. The Bertz CT molecular complexity index is 677. The van der Waals surface area contributed by atoms with E-state index >= 15 is 0 Å². The normalized spacial score (nSPS) is 21.2. The average Bonchev–Trinajstić information content (AvgIpc) is 2.85. The van der Waals surface area contributed by atoms with Crippen LogP contribution in [-0.4, -0.2) is 46.3 Å². The minimum Gasteiger partial charge on any atom is -0.479 e. The zero-order chi connectivity index (χ0) is 18.8. The lowest BCUT2D eigenvalue weighted by Crippen LogP contribution is -2.57. The number of halogens is 2. The molecule has 1 aromatic rings. The number of hydrogen-bond acceptors (Lipinski definition) is 4. The lowest BCUT2D eigenvalue weighted by molar-refractivity contribution is -0.144. The van der Waals surface area contributed by atoms with Crippen LogP contribution in [0.4, 0.5) is 9.18 Å². The van der Waals surface area contributed by atoms with Gasteiger partial charge in [0.1, 0.15) is 11.4 Å². The van der Waals surface area contributed by atoms with Crippen LogP contribution < -0.4 is 5.32 Å². The summed E-state index contributed by atoms with van der Waals surface area (Å²) >= 11 is 5.77. The smallest absolute Gasteiger partial charge is 0.408 e. The summed E-state index contributed by atoms with van der Waals surface area (Å²) in [5, 5.41) is 12.1. The highest BCUT2D eigenvalue weighted by Gasteiger charge is 2.46. The fourth-order valence-corrected chi connectivity index (χ4v) is 2.95. The molecule has 1 atom stereocenters. The number of carbonyl (C=O) groups excluding carboxylic acids is 1. The molecule has 1 heterocycles. The number of likely N-dealkylation sites (tertiary alicyclic amines) is 1. The Labute approximate surface area is 150 Å². The number of ether oxygens (including phenoxy) is 1. The van der Waals surface area contributed by atoms with Gasteiger partial charge in [-0.15, -0.1) is 0 Å². The van der Waals surface area contributed by atoms with Gasteiger partial charge in [-0.05, 0) is 44.9 Å². The highest BCUT2D eigenvalue weighted by atomic mass is 35.5. The molecule has 6 nitrogen and oxygen atoms in total. The van der Waals surface area contributed by atoms with E-state index in [9.17, 15) is 19.1 Å². The van der Waals surface area contributed by atoms with E-state index in [0.29, 0.717) is 13.1 Å². The maximum Gasteiger partial charge on any atom is 0.408 e. The van der Waals surface area contributed by atoms with Crippen LogP contribution in [0.3, 0.4) is 0 Å². The average molecular weight is 373 g/mol. The van der Waals surface area contributed by atoms with Crippen molar-refractivity contribution in [2.45, 2.75) is 44.9 Å². The number of hydrogen-bond donors (Lipinski definition) is 2. The minimum absolute atomic E-state index is 0.0214. The van der Waals surface area contributed by atoms with Gasteiger partial charge in [0, 0.05) is 19.6 Å². The first-order chi connectivity index (χ1) is 11.5. The minimum atomic E-state index is -1.41. The molecule has 1 amide bonds. The molecule has 8 heteroatoms. The zero-order valence-electron chi connectivity index (χ0n) is 14.4. The second-order valence-corrected chi connectivity index (χ2v) is 7.63. The molecule has 1 aliphatic rings. The van der Waals surface area contributed by atoms with Crippen molar-refractivity contribution in [1.29, 1.82) is 0 Å². The second-order valence-electron chi connectivity index (χ2n) is 7.22. The molecule has 1 unspecified atom stereocenters. The molecular weight excluding hydrogens is 351 g/mol. The van der Waals surface area contributed by atoms with Crippen LogP contribution in [-0.2, 0) is 16.1 Å². The fraction of sp³-hybridized carbons (Fsp3) is 0.529. The first-order valence-corrected chi connectivity index (χ1v) is 8.29. The second kappa shape index (κ2) is 7.17. The van der Waals surface area contributed by atoms with E-state index in [-0.39, 0.29) is 18.0 Å². The van der Waals surface area contributed by atoms with Crippen LogP contribution in [0.2, 0.25) is 5.02 Å². The number of carbonyl (C=O) groups is 2. The highest BCUT2D eigenvalue weighted by molar-refractivity contribution is 6.30. The number of alkyl carbamates (subject to hydrolysis) is 1. The first kappa shape index (κ1) is 19.5. The van der Waals surface area contributed by atoms with E-state index in [1.165, 1.54) is 12.1 Å². The van der Waals surface area contributed by atoms with Crippen molar-refractivity contribution in [1.82, 2.24) is 10.2 Å². The number of benzene rings is 1. The Morgan fingerprint density at radius 1 is 1.44 bits per heavy atom. The van der Waals surface area contributed by atoms with Gasteiger partial charge >= 0.3 is 12.1 Å². The van der Waals surface area contributed by atoms with Crippen molar-refractivity contribution < 1.29 is 23.8 Å². The molecule has 25 heavy (non-hydrogen) atoms. The third-order valence-electron chi connectivity index (χ3n) is 3.89. The zero-order valence-corrected chi connectivity index (χ0v) is 15.2.